The normalized spacial score (nSPS) is 17.8. The number of carbonyl (C=O) groups excluding carboxylic acids is 1. The van der Waals surface area contributed by atoms with E-state index in [1.54, 1.807) is 18.2 Å². The molecule has 1 fully saturated rings. The van der Waals surface area contributed by atoms with Crippen LogP contribution in [0.4, 0.5) is 11.5 Å². The Morgan fingerprint density at radius 2 is 1.81 bits per heavy atom. The third kappa shape index (κ3) is 3.00. The van der Waals surface area contributed by atoms with E-state index in [1.165, 1.54) is 25.3 Å². The molecule has 2 aromatic rings. The Hall–Kier alpha value is -2.63. The Balaban J connectivity index is 1.85. The van der Waals surface area contributed by atoms with Crippen LogP contribution in [0.3, 0.4) is 0 Å². The zero-order valence-corrected chi connectivity index (χ0v) is 14.7. The van der Waals surface area contributed by atoms with Gasteiger partial charge in [0.15, 0.2) is 5.78 Å². The van der Waals surface area contributed by atoms with Gasteiger partial charge in [-0.3, -0.25) is 14.9 Å². The van der Waals surface area contributed by atoms with E-state index in [9.17, 15) is 14.9 Å². The average Bonchev–Trinajstić information content (AvgIpc) is 3.01. The van der Waals surface area contributed by atoms with Crippen LogP contribution in [0.2, 0.25) is 0 Å². The summed E-state index contributed by atoms with van der Waals surface area (Å²) >= 11 is 0. The van der Waals surface area contributed by atoms with Crippen LogP contribution in [0.15, 0.2) is 24.3 Å². The van der Waals surface area contributed by atoms with Gasteiger partial charge in [-0.1, -0.05) is 31.4 Å². The van der Waals surface area contributed by atoms with Gasteiger partial charge >= 0.3 is 0 Å². The maximum Gasteiger partial charge on any atom is 0.277 e. The second-order valence-electron chi connectivity index (χ2n) is 7.26. The Morgan fingerprint density at radius 1 is 1.04 bits per heavy atom. The first-order chi connectivity index (χ1) is 12.6. The minimum atomic E-state index is -0.369. The largest absolute Gasteiger partial charge is 0.368 e. The lowest BCUT2D eigenvalue weighted by molar-refractivity contribution is -0.384. The number of aromatic nitrogens is 1. The number of anilines is 1. The van der Waals surface area contributed by atoms with Crippen molar-refractivity contribution in [3.63, 3.8) is 0 Å². The number of ketones is 1. The number of para-hydroxylation sites is 1. The molecule has 2 aliphatic carbocycles. The van der Waals surface area contributed by atoms with Crippen LogP contribution in [0.1, 0.15) is 61.0 Å². The number of fused-ring (bicyclic) bond motifs is 1. The van der Waals surface area contributed by atoms with Gasteiger partial charge in [-0.15, -0.1) is 0 Å². The molecule has 1 aromatic heterocycles. The molecule has 2 aliphatic rings. The molecule has 136 valence electrons. The van der Waals surface area contributed by atoms with Crippen molar-refractivity contribution in [1.82, 2.24) is 4.98 Å². The molecule has 0 spiro atoms. The quantitative estimate of drug-likeness (QED) is 0.607. The second kappa shape index (κ2) is 6.94. The predicted molar refractivity (Wildman–Crippen MR) is 101 cm³/mol. The summed E-state index contributed by atoms with van der Waals surface area (Å²) in [7, 11) is 0. The molecule has 0 atom stereocenters. The number of Topliss-reactive ketones (excluding diaryl/α,β-unsaturated/α-hetero) is 1. The maximum absolute atomic E-state index is 12.6. The predicted octanol–water partition coefficient (Wildman–Crippen LogP) is 4.85. The lowest BCUT2D eigenvalue weighted by Gasteiger charge is -2.24. The Morgan fingerprint density at radius 3 is 2.58 bits per heavy atom. The number of benzene rings is 1. The first-order valence-electron chi connectivity index (χ1n) is 9.43. The number of nitro benzene ring substituents is 1. The van der Waals surface area contributed by atoms with Crippen molar-refractivity contribution >= 4 is 17.3 Å². The number of H-pyrrole nitrogens is 1. The Bertz CT molecular complexity index is 850. The first kappa shape index (κ1) is 16.8. The van der Waals surface area contributed by atoms with Gasteiger partial charge in [0.1, 0.15) is 5.82 Å². The highest BCUT2D eigenvalue weighted by atomic mass is 16.6. The zero-order chi connectivity index (χ0) is 18.1. The van der Waals surface area contributed by atoms with Gasteiger partial charge in [0.25, 0.3) is 5.69 Å². The summed E-state index contributed by atoms with van der Waals surface area (Å²) in [6.45, 7) is 0. The van der Waals surface area contributed by atoms with E-state index in [-0.39, 0.29) is 16.4 Å². The van der Waals surface area contributed by atoms with Gasteiger partial charge in [-0.25, -0.2) is 0 Å². The molecule has 1 saturated carbocycles. The standard InChI is InChI=1S/C20H23N3O3/c24-17-12-6-10-15-19(17)18(14-9-4-5-11-16(14)23(25)26)20(22-15)21-13-7-2-1-3-8-13/h4-5,9,11,13,21-22H,1-3,6-8,10,12H2. The third-order valence-electron chi connectivity index (χ3n) is 5.51. The number of hydrogen-bond donors (Lipinski definition) is 2. The molecule has 1 aromatic carbocycles. The van der Waals surface area contributed by atoms with Gasteiger partial charge < -0.3 is 10.3 Å². The molecule has 1 heterocycles. The number of carbonyl (C=O) groups is 1. The summed E-state index contributed by atoms with van der Waals surface area (Å²) < 4.78 is 0. The summed E-state index contributed by atoms with van der Waals surface area (Å²) in [4.78, 5) is 27.2. The van der Waals surface area contributed by atoms with Crippen molar-refractivity contribution in [2.24, 2.45) is 0 Å². The van der Waals surface area contributed by atoms with Crippen molar-refractivity contribution in [1.29, 1.82) is 0 Å². The average molecular weight is 353 g/mol. The summed E-state index contributed by atoms with van der Waals surface area (Å²) in [6.07, 6.45) is 7.96. The molecule has 0 bridgehead atoms. The van der Waals surface area contributed by atoms with E-state index in [2.05, 4.69) is 10.3 Å². The van der Waals surface area contributed by atoms with Crippen molar-refractivity contribution in [3.8, 4) is 11.1 Å². The van der Waals surface area contributed by atoms with Crippen molar-refractivity contribution in [2.45, 2.75) is 57.4 Å². The number of nitrogens with zero attached hydrogens (tertiary/aromatic N) is 1. The summed E-state index contributed by atoms with van der Waals surface area (Å²) in [6, 6.07) is 7.05. The first-order valence-corrected chi connectivity index (χ1v) is 9.43. The second-order valence-corrected chi connectivity index (χ2v) is 7.26. The fraction of sp³-hybridized carbons (Fsp3) is 0.450. The lowest BCUT2D eigenvalue weighted by Crippen LogP contribution is -2.22. The molecule has 0 radical (unpaired) electrons. The van der Waals surface area contributed by atoms with Crippen LogP contribution in [0.5, 0.6) is 0 Å². The van der Waals surface area contributed by atoms with Crippen LogP contribution in [-0.2, 0) is 6.42 Å². The monoisotopic (exact) mass is 353 g/mol. The molecule has 0 saturated heterocycles. The van der Waals surface area contributed by atoms with Crippen LogP contribution in [-0.4, -0.2) is 21.7 Å². The number of hydrogen-bond acceptors (Lipinski definition) is 4. The maximum atomic E-state index is 12.6. The highest BCUT2D eigenvalue weighted by Crippen LogP contribution is 2.42. The van der Waals surface area contributed by atoms with Crippen molar-refractivity contribution in [2.75, 3.05) is 5.32 Å². The molecule has 26 heavy (non-hydrogen) atoms. The minimum Gasteiger partial charge on any atom is -0.368 e. The molecule has 2 N–H and O–H groups in total. The Kier molecular flexibility index (Phi) is 4.49. The van der Waals surface area contributed by atoms with Crippen LogP contribution in [0, 0.1) is 10.1 Å². The van der Waals surface area contributed by atoms with Gasteiger partial charge in [0.2, 0.25) is 0 Å². The fourth-order valence-electron chi connectivity index (χ4n) is 4.27. The topological polar surface area (TPSA) is 88.0 Å². The van der Waals surface area contributed by atoms with Gasteiger partial charge in [0.05, 0.1) is 10.5 Å². The highest BCUT2D eigenvalue weighted by molar-refractivity contribution is 6.08. The molecule has 0 amide bonds. The summed E-state index contributed by atoms with van der Waals surface area (Å²) in [5.74, 6) is 0.846. The molecule has 6 heteroatoms. The molecule has 4 rings (SSSR count). The van der Waals surface area contributed by atoms with Crippen molar-refractivity contribution in [3.05, 3.63) is 45.6 Å². The number of nitrogens with one attached hydrogen (secondary N) is 2. The van der Waals surface area contributed by atoms with E-state index >= 15 is 0 Å². The van der Waals surface area contributed by atoms with Gasteiger partial charge in [-0.2, -0.15) is 0 Å². The molecular weight excluding hydrogens is 330 g/mol. The number of rotatable bonds is 4. The highest BCUT2D eigenvalue weighted by Gasteiger charge is 2.31. The minimum absolute atomic E-state index is 0.0411. The SMILES string of the molecule is O=C1CCCc2[nH]c(NC3CCCCC3)c(-c3ccccc3[N+](=O)[O-])c21. The fourth-order valence-corrected chi connectivity index (χ4v) is 4.27. The summed E-state index contributed by atoms with van der Waals surface area (Å²) in [5, 5.41) is 15.1. The van der Waals surface area contributed by atoms with Gasteiger partial charge in [0, 0.05) is 35.3 Å². The number of aromatic amines is 1. The number of nitro groups is 1. The third-order valence-corrected chi connectivity index (χ3v) is 5.51. The van der Waals surface area contributed by atoms with E-state index in [0.29, 0.717) is 29.2 Å². The summed E-state index contributed by atoms with van der Waals surface area (Å²) in [5.41, 5.74) is 2.79. The van der Waals surface area contributed by atoms with Crippen LogP contribution in [0.25, 0.3) is 11.1 Å². The zero-order valence-electron chi connectivity index (χ0n) is 14.7. The molecule has 0 unspecified atom stereocenters. The number of aryl methyl sites for hydroxylation is 1. The smallest absolute Gasteiger partial charge is 0.277 e. The lowest BCUT2D eigenvalue weighted by atomic mass is 9.90. The van der Waals surface area contributed by atoms with Crippen molar-refractivity contribution < 1.29 is 9.72 Å². The van der Waals surface area contributed by atoms with E-state index in [1.807, 2.05) is 0 Å². The van der Waals surface area contributed by atoms with E-state index in [4.69, 9.17) is 0 Å². The van der Waals surface area contributed by atoms with E-state index in [0.717, 1.165) is 37.2 Å². The van der Waals surface area contributed by atoms with E-state index < -0.39 is 0 Å². The van der Waals surface area contributed by atoms with Crippen LogP contribution >= 0.6 is 0 Å². The Labute approximate surface area is 152 Å². The molecular formula is C20H23N3O3. The molecule has 0 aliphatic heterocycles. The van der Waals surface area contributed by atoms with Crippen LogP contribution < -0.4 is 5.32 Å². The molecule has 6 nitrogen and oxygen atoms in total. The van der Waals surface area contributed by atoms with Gasteiger partial charge in [-0.05, 0) is 31.7 Å².